The Morgan fingerprint density at radius 3 is 2.41 bits per heavy atom. The van der Waals surface area contributed by atoms with Crippen LogP contribution < -0.4 is 20.1 Å². The van der Waals surface area contributed by atoms with Gasteiger partial charge in [0.25, 0.3) is 0 Å². The van der Waals surface area contributed by atoms with E-state index in [9.17, 15) is 22.8 Å². The highest BCUT2D eigenvalue weighted by Gasteiger charge is 2.40. The maximum Gasteiger partial charge on any atom is 0.235 e. The van der Waals surface area contributed by atoms with Crippen molar-refractivity contribution in [2.45, 2.75) is 25.3 Å². The van der Waals surface area contributed by atoms with E-state index in [1.54, 1.807) is 55.5 Å². The van der Waals surface area contributed by atoms with E-state index in [0.29, 0.717) is 36.0 Å². The molecule has 1 fully saturated rings. The number of benzene rings is 2. The number of carbonyl (C=O) groups is 3. The zero-order valence-corrected chi connectivity index (χ0v) is 19.5. The minimum atomic E-state index is -3.24. The molecule has 0 aliphatic carbocycles. The molecule has 2 heterocycles. The molecule has 4 rings (SSSR count). The number of ketones is 1. The Morgan fingerprint density at radius 2 is 1.74 bits per heavy atom. The molecule has 0 spiro atoms. The fraction of sp³-hybridized carbons (Fsp3) is 0.375. The predicted molar refractivity (Wildman–Crippen MR) is 125 cm³/mol. The van der Waals surface area contributed by atoms with Crippen LogP contribution in [0.2, 0.25) is 0 Å². The molecule has 9 nitrogen and oxygen atoms in total. The lowest BCUT2D eigenvalue weighted by atomic mass is 9.92. The fourth-order valence-electron chi connectivity index (χ4n) is 4.14. The Kier molecular flexibility index (Phi) is 6.60. The number of rotatable bonds is 7. The van der Waals surface area contributed by atoms with Crippen LogP contribution in [0.25, 0.3) is 0 Å². The summed E-state index contributed by atoms with van der Waals surface area (Å²) in [5.74, 6) is -2.18. The number of Topliss-reactive ketones (excluding diaryl/α,β-unsaturated/α-hetero) is 1. The van der Waals surface area contributed by atoms with Crippen molar-refractivity contribution in [1.29, 1.82) is 0 Å². The number of anilines is 1. The molecule has 2 aromatic rings. The van der Waals surface area contributed by atoms with Gasteiger partial charge in [-0.05, 0) is 25.5 Å². The first-order valence-corrected chi connectivity index (χ1v) is 12.8. The van der Waals surface area contributed by atoms with Gasteiger partial charge in [-0.2, -0.15) is 0 Å². The zero-order valence-electron chi connectivity index (χ0n) is 18.7. The van der Waals surface area contributed by atoms with Gasteiger partial charge in [-0.15, -0.1) is 0 Å². The molecular formula is C24H26N2O7S. The highest BCUT2D eigenvalue weighted by Crippen LogP contribution is 2.33. The normalized spacial score (nSPS) is 21.3. The maximum atomic E-state index is 13.2. The van der Waals surface area contributed by atoms with Crippen LogP contribution in [0.1, 0.15) is 30.1 Å². The molecule has 2 N–H and O–H groups in total. The van der Waals surface area contributed by atoms with Crippen molar-refractivity contribution in [3.05, 3.63) is 54.1 Å². The summed E-state index contributed by atoms with van der Waals surface area (Å²) in [5.41, 5.74) is -0.232. The van der Waals surface area contributed by atoms with Gasteiger partial charge in [0.2, 0.25) is 11.8 Å². The largest absolute Gasteiger partial charge is 0.486 e. The number of ether oxygens (including phenoxy) is 2. The molecule has 10 heteroatoms. The van der Waals surface area contributed by atoms with Crippen molar-refractivity contribution in [1.82, 2.24) is 5.32 Å². The van der Waals surface area contributed by atoms with Gasteiger partial charge in [0.05, 0.1) is 17.0 Å². The third-order valence-electron chi connectivity index (χ3n) is 5.84. The molecule has 0 radical (unpaired) electrons. The van der Waals surface area contributed by atoms with Crippen molar-refractivity contribution in [2.75, 3.05) is 30.0 Å². The first kappa shape index (κ1) is 23.7. The molecule has 0 bridgehead atoms. The van der Waals surface area contributed by atoms with Gasteiger partial charge >= 0.3 is 0 Å². The minimum absolute atomic E-state index is 0.0131. The summed E-state index contributed by atoms with van der Waals surface area (Å²) in [7, 11) is -3.24. The third-order valence-corrected chi connectivity index (χ3v) is 7.74. The summed E-state index contributed by atoms with van der Waals surface area (Å²) in [6, 6.07) is 13.1. The molecule has 0 aromatic heterocycles. The molecule has 2 aliphatic heterocycles. The van der Waals surface area contributed by atoms with Crippen molar-refractivity contribution in [3.63, 3.8) is 0 Å². The van der Waals surface area contributed by atoms with Crippen LogP contribution in [0, 0.1) is 5.92 Å². The van der Waals surface area contributed by atoms with Crippen LogP contribution in [0.3, 0.4) is 0 Å². The molecule has 2 amide bonds. The lowest BCUT2D eigenvalue weighted by Gasteiger charge is -2.25. The maximum absolute atomic E-state index is 13.2. The molecule has 2 atom stereocenters. The standard InChI is InChI=1S/C24H26N2O7S/c1-24(9-12-34(30,31)15-24)26-21(27)14-18(22(28)16-5-3-2-4-6-16)23(29)25-17-7-8-19-20(13-17)33-11-10-32-19/h2-8,13,18H,9-12,14-15H2,1H3,(H,25,29)(H,26,27). The summed E-state index contributed by atoms with van der Waals surface area (Å²) in [5, 5.41) is 5.41. The Labute approximate surface area is 197 Å². The molecule has 1 saturated heterocycles. The van der Waals surface area contributed by atoms with Gasteiger partial charge in [-0.1, -0.05) is 30.3 Å². The lowest BCUT2D eigenvalue weighted by Crippen LogP contribution is -2.48. The summed E-state index contributed by atoms with van der Waals surface area (Å²) in [6.45, 7) is 2.47. The second kappa shape index (κ2) is 9.46. The molecule has 2 aromatic carbocycles. The fourth-order valence-corrected chi connectivity index (χ4v) is 6.23. The van der Waals surface area contributed by atoms with E-state index in [-0.39, 0.29) is 17.9 Å². The van der Waals surface area contributed by atoms with Crippen molar-refractivity contribution < 1.29 is 32.3 Å². The number of sulfone groups is 1. The summed E-state index contributed by atoms with van der Waals surface area (Å²) in [4.78, 5) is 39.2. The zero-order chi connectivity index (χ0) is 24.3. The number of nitrogens with one attached hydrogen (secondary N) is 2. The van der Waals surface area contributed by atoms with Crippen LogP contribution in [0.4, 0.5) is 5.69 Å². The van der Waals surface area contributed by atoms with Gasteiger partial charge in [-0.25, -0.2) is 8.42 Å². The highest BCUT2D eigenvalue weighted by molar-refractivity contribution is 7.91. The van der Waals surface area contributed by atoms with Crippen LogP contribution in [0.5, 0.6) is 11.5 Å². The second-order valence-electron chi connectivity index (χ2n) is 8.79. The van der Waals surface area contributed by atoms with Crippen LogP contribution in [0.15, 0.2) is 48.5 Å². The highest BCUT2D eigenvalue weighted by atomic mass is 32.2. The summed E-state index contributed by atoms with van der Waals surface area (Å²) in [6.07, 6.45) is -0.137. The summed E-state index contributed by atoms with van der Waals surface area (Å²) < 4.78 is 34.7. The van der Waals surface area contributed by atoms with Crippen LogP contribution in [-0.2, 0) is 19.4 Å². The monoisotopic (exact) mass is 486 g/mol. The van der Waals surface area contributed by atoms with Gasteiger partial charge in [0.15, 0.2) is 27.1 Å². The van der Waals surface area contributed by atoms with Gasteiger partial charge in [-0.3, -0.25) is 14.4 Å². The second-order valence-corrected chi connectivity index (χ2v) is 11.0. The van der Waals surface area contributed by atoms with Crippen LogP contribution >= 0.6 is 0 Å². The van der Waals surface area contributed by atoms with E-state index in [0.717, 1.165) is 0 Å². The SMILES string of the molecule is CC1(NC(=O)CC(C(=O)Nc2ccc3c(c2)OCCO3)C(=O)c2ccccc2)CCS(=O)(=O)C1. The number of carbonyl (C=O) groups excluding carboxylic acids is 3. The molecule has 0 saturated carbocycles. The van der Waals surface area contributed by atoms with Crippen LogP contribution in [-0.4, -0.2) is 56.3 Å². The molecule has 2 unspecified atom stereocenters. The topological polar surface area (TPSA) is 128 Å². The van der Waals surface area contributed by atoms with E-state index < -0.39 is 45.3 Å². The van der Waals surface area contributed by atoms with E-state index in [2.05, 4.69) is 10.6 Å². The predicted octanol–water partition coefficient (Wildman–Crippen LogP) is 1.98. The number of hydrogen-bond acceptors (Lipinski definition) is 7. The Morgan fingerprint density at radius 1 is 1.03 bits per heavy atom. The molecule has 34 heavy (non-hydrogen) atoms. The van der Waals surface area contributed by atoms with Crippen molar-refractivity contribution >= 4 is 33.1 Å². The number of amides is 2. The third kappa shape index (κ3) is 5.56. The first-order chi connectivity index (χ1) is 16.1. The Hall–Kier alpha value is -3.40. The molecular weight excluding hydrogens is 460 g/mol. The van der Waals surface area contributed by atoms with Crippen molar-refractivity contribution in [2.24, 2.45) is 5.92 Å². The quantitative estimate of drug-likeness (QED) is 0.452. The minimum Gasteiger partial charge on any atom is -0.486 e. The van der Waals surface area contributed by atoms with E-state index in [4.69, 9.17) is 9.47 Å². The molecule has 2 aliphatic rings. The smallest absolute Gasteiger partial charge is 0.235 e. The number of fused-ring (bicyclic) bond motifs is 1. The van der Waals surface area contributed by atoms with E-state index >= 15 is 0 Å². The molecule has 180 valence electrons. The average molecular weight is 487 g/mol. The van der Waals surface area contributed by atoms with Crippen molar-refractivity contribution in [3.8, 4) is 11.5 Å². The lowest BCUT2D eigenvalue weighted by molar-refractivity contribution is -0.127. The van der Waals surface area contributed by atoms with Gasteiger partial charge in [0.1, 0.15) is 19.1 Å². The van der Waals surface area contributed by atoms with Gasteiger partial charge < -0.3 is 20.1 Å². The number of hydrogen-bond donors (Lipinski definition) is 2. The first-order valence-electron chi connectivity index (χ1n) is 11.0. The van der Waals surface area contributed by atoms with E-state index in [1.807, 2.05) is 0 Å². The Bertz CT molecular complexity index is 1210. The average Bonchev–Trinajstić information content (AvgIpc) is 3.09. The summed E-state index contributed by atoms with van der Waals surface area (Å²) >= 11 is 0. The van der Waals surface area contributed by atoms with E-state index in [1.165, 1.54) is 0 Å². The Balaban J connectivity index is 1.52. The van der Waals surface area contributed by atoms with Gasteiger partial charge in [0, 0.05) is 23.7 Å².